The Balaban J connectivity index is 0.000000321. The number of carbonyl (C=O) groups is 1. The van der Waals surface area contributed by atoms with E-state index >= 15 is 0 Å². The smallest absolute Gasteiger partial charge is 0.484 e. The van der Waals surface area contributed by atoms with Crippen molar-refractivity contribution in [1.82, 2.24) is 10.2 Å². The molecule has 1 aliphatic rings. The minimum absolute atomic E-state index is 0.0477. The normalized spacial score (nSPS) is 14.2. The van der Waals surface area contributed by atoms with Gasteiger partial charge in [-0.05, 0) is 12.1 Å². The maximum atomic E-state index is 13.2. The van der Waals surface area contributed by atoms with Crippen LogP contribution in [0.4, 0.5) is 23.6 Å². The predicted molar refractivity (Wildman–Crippen MR) is 83.9 cm³/mol. The Bertz CT molecular complexity index is 796. The predicted octanol–water partition coefficient (Wildman–Crippen LogP) is 2.22. The quantitative estimate of drug-likeness (QED) is 0.735. The van der Waals surface area contributed by atoms with E-state index in [0.717, 1.165) is 0 Å². The van der Waals surface area contributed by atoms with E-state index in [9.17, 15) is 17.6 Å². The van der Waals surface area contributed by atoms with E-state index < -0.39 is 18.0 Å². The van der Waals surface area contributed by atoms with Crippen LogP contribution in [0.2, 0.25) is 5.02 Å². The molecule has 0 bridgehead atoms. The third-order valence-electron chi connectivity index (χ3n) is 3.13. The molecule has 3 N–H and O–H groups in total. The highest BCUT2D eigenvalue weighted by Crippen LogP contribution is 2.22. The van der Waals surface area contributed by atoms with Crippen LogP contribution < -0.4 is 15.4 Å². The van der Waals surface area contributed by atoms with Crippen molar-refractivity contribution in [3.8, 4) is 5.75 Å². The van der Waals surface area contributed by atoms with E-state index in [2.05, 4.69) is 10.2 Å². The summed E-state index contributed by atoms with van der Waals surface area (Å²) < 4.78 is 55.7. The van der Waals surface area contributed by atoms with Crippen LogP contribution in [0.1, 0.15) is 5.89 Å². The molecule has 0 atom stereocenters. The fourth-order valence-electron chi connectivity index (χ4n) is 1.81. The van der Waals surface area contributed by atoms with Gasteiger partial charge in [-0.2, -0.15) is 13.2 Å². The minimum atomic E-state index is -5.08. The summed E-state index contributed by atoms with van der Waals surface area (Å²) in [6, 6.07) is 4.77. The maximum Gasteiger partial charge on any atom is 0.490 e. The van der Waals surface area contributed by atoms with Crippen molar-refractivity contribution in [2.75, 3.05) is 18.0 Å². The molecule has 0 aliphatic carbocycles. The van der Waals surface area contributed by atoms with Crippen LogP contribution in [0.5, 0.6) is 5.75 Å². The molecule has 1 aromatic carbocycles. The average Bonchev–Trinajstić information content (AvgIpc) is 3.01. The van der Waals surface area contributed by atoms with Crippen molar-refractivity contribution in [3.63, 3.8) is 0 Å². The van der Waals surface area contributed by atoms with Gasteiger partial charge < -0.3 is 24.9 Å². The molecule has 2 heterocycles. The lowest BCUT2D eigenvalue weighted by molar-refractivity contribution is -0.192. The largest absolute Gasteiger partial charge is 0.490 e. The first-order valence-corrected chi connectivity index (χ1v) is 7.65. The number of carboxylic acid groups (broad SMARTS) is 1. The van der Waals surface area contributed by atoms with Crippen LogP contribution in [-0.2, 0) is 11.4 Å². The van der Waals surface area contributed by atoms with E-state index in [0.29, 0.717) is 30.7 Å². The molecule has 0 radical (unpaired) electrons. The van der Waals surface area contributed by atoms with Gasteiger partial charge in [-0.3, -0.25) is 0 Å². The fourth-order valence-corrected chi connectivity index (χ4v) is 1.93. The van der Waals surface area contributed by atoms with Gasteiger partial charge in [0.05, 0.1) is 5.02 Å². The highest BCUT2D eigenvalue weighted by molar-refractivity contribution is 6.30. The van der Waals surface area contributed by atoms with E-state index in [4.69, 9.17) is 36.4 Å². The first-order valence-electron chi connectivity index (χ1n) is 7.27. The van der Waals surface area contributed by atoms with Gasteiger partial charge in [0.15, 0.2) is 6.61 Å². The molecule has 0 saturated carbocycles. The van der Waals surface area contributed by atoms with Crippen LogP contribution in [0.25, 0.3) is 0 Å². The number of halogens is 5. The molecule has 1 fully saturated rings. The van der Waals surface area contributed by atoms with Crippen LogP contribution in [0, 0.1) is 5.82 Å². The molecule has 1 aromatic heterocycles. The highest BCUT2D eigenvalue weighted by atomic mass is 35.5. The summed E-state index contributed by atoms with van der Waals surface area (Å²) >= 11 is 5.58. The highest BCUT2D eigenvalue weighted by Gasteiger charge is 2.38. The molecule has 3 rings (SSSR count). The molecular weight excluding hydrogens is 400 g/mol. The standard InChI is InChI=1S/C12H12ClFN4O2.C2HF3O2/c13-9-2-1-8(3-10(9)14)19-6-11-16-17-12(20-11)18-4-7(15)5-18;3-2(4,5)1(6)7/h1-3,7H,4-6,15H2;(H,6,7). The number of aromatic nitrogens is 2. The summed E-state index contributed by atoms with van der Waals surface area (Å²) in [6.45, 7) is 1.46. The number of hydrogen-bond donors (Lipinski definition) is 2. The molecule has 0 amide bonds. The topological polar surface area (TPSA) is 115 Å². The Hall–Kier alpha value is -2.60. The van der Waals surface area contributed by atoms with Crippen molar-refractivity contribution in [3.05, 3.63) is 34.9 Å². The number of nitrogens with zero attached hydrogens (tertiary/aromatic N) is 3. The Morgan fingerprint density at radius 2 is 2.04 bits per heavy atom. The van der Waals surface area contributed by atoms with Crippen molar-refractivity contribution >= 4 is 23.6 Å². The van der Waals surface area contributed by atoms with Crippen molar-refractivity contribution < 1.29 is 36.6 Å². The Morgan fingerprint density at radius 1 is 1.41 bits per heavy atom. The van der Waals surface area contributed by atoms with Gasteiger partial charge in [-0.1, -0.05) is 16.7 Å². The van der Waals surface area contributed by atoms with Gasteiger partial charge in [-0.25, -0.2) is 9.18 Å². The molecule has 27 heavy (non-hydrogen) atoms. The summed E-state index contributed by atoms with van der Waals surface area (Å²) in [5.74, 6) is -2.63. The van der Waals surface area contributed by atoms with Crippen molar-refractivity contribution in [2.45, 2.75) is 18.8 Å². The number of benzene rings is 1. The van der Waals surface area contributed by atoms with Gasteiger partial charge in [-0.15, -0.1) is 5.10 Å². The number of nitrogens with two attached hydrogens (primary N) is 1. The second-order valence-corrected chi connectivity index (χ2v) is 5.72. The Labute approximate surface area is 154 Å². The van der Waals surface area contributed by atoms with Crippen LogP contribution in [0.15, 0.2) is 22.6 Å². The lowest BCUT2D eigenvalue weighted by Gasteiger charge is -2.34. The van der Waals surface area contributed by atoms with Crippen LogP contribution >= 0.6 is 11.6 Å². The summed E-state index contributed by atoms with van der Waals surface area (Å²) in [5.41, 5.74) is 5.67. The second kappa shape index (κ2) is 8.39. The minimum Gasteiger partial charge on any atom is -0.484 e. The summed E-state index contributed by atoms with van der Waals surface area (Å²) in [6.07, 6.45) is -5.08. The zero-order valence-corrected chi connectivity index (χ0v) is 14.2. The first kappa shape index (κ1) is 20.7. The van der Waals surface area contributed by atoms with E-state index in [1.807, 2.05) is 4.90 Å². The SMILES string of the molecule is NC1CN(c2nnc(COc3ccc(Cl)c(F)c3)o2)C1.O=C(O)C(F)(F)F. The average molecular weight is 413 g/mol. The van der Waals surface area contributed by atoms with Gasteiger partial charge in [0.2, 0.25) is 0 Å². The van der Waals surface area contributed by atoms with Crippen LogP contribution in [-0.4, -0.2) is 46.6 Å². The summed E-state index contributed by atoms with van der Waals surface area (Å²) in [7, 11) is 0. The monoisotopic (exact) mass is 412 g/mol. The second-order valence-electron chi connectivity index (χ2n) is 5.31. The molecule has 8 nitrogen and oxygen atoms in total. The zero-order valence-electron chi connectivity index (χ0n) is 13.4. The molecule has 0 spiro atoms. The van der Waals surface area contributed by atoms with E-state index in [-0.39, 0.29) is 17.7 Å². The Morgan fingerprint density at radius 3 is 2.56 bits per heavy atom. The molecule has 2 aromatic rings. The van der Waals surface area contributed by atoms with E-state index in [1.165, 1.54) is 12.1 Å². The number of carboxylic acids is 1. The summed E-state index contributed by atoms with van der Waals surface area (Å²) in [5, 5.41) is 14.9. The maximum absolute atomic E-state index is 13.2. The zero-order chi connectivity index (χ0) is 20.2. The molecule has 0 unspecified atom stereocenters. The van der Waals surface area contributed by atoms with Crippen LogP contribution in [0.3, 0.4) is 0 Å². The van der Waals surface area contributed by atoms with Gasteiger partial charge in [0.25, 0.3) is 5.89 Å². The lowest BCUT2D eigenvalue weighted by atomic mass is 10.1. The third kappa shape index (κ3) is 5.96. The Kier molecular flexibility index (Phi) is 6.44. The molecule has 13 heteroatoms. The number of hydrogen-bond acceptors (Lipinski definition) is 7. The number of anilines is 1. The molecule has 1 saturated heterocycles. The number of ether oxygens (including phenoxy) is 1. The fraction of sp³-hybridized carbons (Fsp3) is 0.357. The van der Waals surface area contributed by atoms with Crippen molar-refractivity contribution in [1.29, 1.82) is 0 Å². The molecular formula is C14H13ClF4N4O4. The van der Waals surface area contributed by atoms with Crippen molar-refractivity contribution in [2.24, 2.45) is 5.73 Å². The summed E-state index contributed by atoms with van der Waals surface area (Å²) in [4.78, 5) is 10.8. The van der Waals surface area contributed by atoms with E-state index in [1.54, 1.807) is 6.07 Å². The lowest BCUT2D eigenvalue weighted by Crippen LogP contribution is -2.56. The van der Waals surface area contributed by atoms with Gasteiger partial charge in [0.1, 0.15) is 11.6 Å². The molecule has 1 aliphatic heterocycles. The van der Waals surface area contributed by atoms with Gasteiger partial charge >= 0.3 is 18.2 Å². The van der Waals surface area contributed by atoms with Gasteiger partial charge in [0, 0.05) is 25.2 Å². The number of alkyl halides is 3. The third-order valence-corrected chi connectivity index (χ3v) is 3.44. The number of rotatable bonds is 4. The number of aliphatic carboxylic acids is 1. The first-order chi connectivity index (χ1) is 12.6. The molecule has 148 valence electrons.